The molecule has 2 fully saturated rings. The van der Waals surface area contributed by atoms with Gasteiger partial charge in [0.1, 0.15) is 0 Å². The van der Waals surface area contributed by atoms with Gasteiger partial charge in [0.2, 0.25) is 5.91 Å². The van der Waals surface area contributed by atoms with Gasteiger partial charge in [0, 0.05) is 45.8 Å². The van der Waals surface area contributed by atoms with E-state index in [4.69, 9.17) is 4.74 Å². The molecule has 2 saturated heterocycles. The highest BCUT2D eigenvalue weighted by atomic mass is 16.5. The molecule has 86 valence electrons. The molecule has 2 rings (SSSR count). The monoisotopic (exact) mass is 212 g/mol. The number of hydrogen-bond acceptors (Lipinski definition) is 3. The third-order valence-corrected chi connectivity index (χ3v) is 3.27. The second kappa shape index (κ2) is 5.47. The molecule has 15 heavy (non-hydrogen) atoms. The van der Waals surface area contributed by atoms with Crippen molar-refractivity contribution in [2.45, 2.75) is 19.3 Å². The van der Waals surface area contributed by atoms with E-state index in [-0.39, 0.29) is 0 Å². The zero-order chi connectivity index (χ0) is 10.5. The van der Waals surface area contributed by atoms with E-state index >= 15 is 0 Å². The van der Waals surface area contributed by atoms with E-state index in [1.54, 1.807) is 0 Å². The molecule has 4 nitrogen and oxygen atoms in total. The van der Waals surface area contributed by atoms with Crippen LogP contribution < -0.4 is 5.32 Å². The molecule has 2 aliphatic rings. The van der Waals surface area contributed by atoms with E-state index in [9.17, 15) is 4.79 Å². The molecular formula is C11H20N2O2. The molecule has 0 aliphatic carbocycles. The SMILES string of the molecule is O=C(CC1CCOCC1)N1CCNCC1. The molecule has 0 atom stereocenters. The molecule has 2 heterocycles. The van der Waals surface area contributed by atoms with Gasteiger partial charge in [0.15, 0.2) is 0 Å². The lowest BCUT2D eigenvalue weighted by Crippen LogP contribution is -2.47. The fourth-order valence-corrected chi connectivity index (χ4v) is 2.24. The zero-order valence-electron chi connectivity index (χ0n) is 9.21. The van der Waals surface area contributed by atoms with E-state index in [1.165, 1.54) is 0 Å². The third-order valence-electron chi connectivity index (χ3n) is 3.27. The lowest BCUT2D eigenvalue weighted by atomic mass is 9.96. The fraction of sp³-hybridized carbons (Fsp3) is 0.909. The number of nitrogens with one attached hydrogen (secondary N) is 1. The summed E-state index contributed by atoms with van der Waals surface area (Å²) in [5.41, 5.74) is 0. The Morgan fingerprint density at radius 2 is 1.93 bits per heavy atom. The number of piperazine rings is 1. The summed E-state index contributed by atoms with van der Waals surface area (Å²) in [7, 11) is 0. The Labute approximate surface area is 91.0 Å². The van der Waals surface area contributed by atoms with Crippen LogP contribution in [0.4, 0.5) is 0 Å². The second-order valence-corrected chi connectivity index (χ2v) is 4.39. The van der Waals surface area contributed by atoms with Gasteiger partial charge in [-0.3, -0.25) is 4.79 Å². The lowest BCUT2D eigenvalue weighted by Gasteiger charge is -2.30. The minimum absolute atomic E-state index is 0.336. The van der Waals surface area contributed by atoms with Crippen LogP contribution in [0, 0.1) is 5.92 Å². The Morgan fingerprint density at radius 1 is 1.27 bits per heavy atom. The fourth-order valence-electron chi connectivity index (χ4n) is 2.24. The zero-order valence-corrected chi connectivity index (χ0v) is 9.21. The van der Waals surface area contributed by atoms with Crippen LogP contribution in [-0.4, -0.2) is 50.2 Å². The van der Waals surface area contributed by atoms with Crippen LogP contribution in [0.1, 0.15) is 19.3 Å². The van der Waals surface area contributed by atoms with Gasteiger partial charge in [0.25, 0.3) is 0 Å². The summed E-state index contributed by atoms with van der Waals surface area (Å²) in [6.45, 7) is 5.31. The molecule has 0 radical (unpaired) electrons. The summed E-state index contributed by atoms with van der Waals surface area (Å²) in [6, 6.07) is 0. The van der Waals surface area contributed by atoms with Crippen LogP contribution in [0.15, 0.2) is 0 Å². The van der Waals surface area contributed by atoms with Crippen molar-refractivity contribution >= 4 is 5.91 Å². The molecule has 4 heteroatoms. The van der Waals surface area contributed by atoms with Crippen molar-refractivity contribution < 1.29 is 9.53 Å². The van der Waals surface area contributed by atoms with Crippen molar-refractivity contribution in [1.29, 1.82) is 0 Å². The highest BCUT2D eigenvalue weighted by Crippen LogP contribution is 2.19. The van der Waals surface area contributed by atoms with E-state index in [0.29, 0.717) is 11.8 Å². The minimum atomic E-state index is 0.336. The van der Waals surface area contributed by atoms with Crippen molar-refractivity contribution in [2.75, 3.05) is 39.4 Å². The maximum absolute atomic E-state index is 11.9. The minimum Gasteiger partial charge on any atom is -0.381 e. The molecule has 0 saturated carbocycles. The van der Waals surface area contributed by atoms with Gasteiger partial charge in [0.05, 0.1) is 0 Å². The van der Waals surface area contributed by atoms with Crippen LogP contribution in [0.5, 0.6) is 0 Å². The molecule has 0 aromatic carbocycles. The summed E-state index contributed by atoms with van der Waals surface area (Å²) in [6.07, 6.45) is 2.83. The van der Waals surface area contributed by atoms with Crippen LogP contribution in [0.3, 0.4) is 0 Å². The number of nitrogens with zero attached hydrogens (tertiary/aromatic N) is 1. The summed E-state index contributed by atoms with van der Waals surface area (Å²) >= 11 is 0. The number of carbonyl (C=O) groups excluding carboxylic acids is 1. The highest BCUT2D eigenvalue weighted by molar-refractivity contribution is 5.76. The number of rotatable bonds is 2. The summed E-state index contributed by atoms with van der Waals surface area (Å²) < 4.78 is 5.29. The third kappa shape index (κ3) is 3.18. The predicted molar refractivity (Wildman–Crippen MR) is 57.6 cm³/mol. The Morgan fingerprint density at radius 3 is 2.60 bits per heavy atom. The van der Waals surface area contributed by atoms with Gasteiger partial charge in [-0.1, -0.05) is 0 Å². The van der Waals surface area contributed by atoms with Gasteiger partial charge >= 0.3 is 0 Å². The van der Waals surface area contributed by atoms with E-state index in [2.05, 4.69) is 5.32 Å². The smallest absolute Gasteiger partial charge is 0.222 e. The summed E-state index contributed by atoms with van der Waals surface area (Å²) in [5, 5.41) is 3.26. The second-order valence-electron chi connectivity index (χ2n) is 4.39. The molecule has 1 amide bonds. The quantitative estimate of drug-likeness (QED) is 0.712. The molecule has 1 N–H and O–H groups in total. The average Bonchev–Trinajstić information content (AvgIpc) is 2.31. The number of hydrogen-bond donors (Lipinski definition) is 1. The van der Waals surface area contributed by atoms with Crippen molar-refractivity contribution in [3.8, 4) is 0 Å². The molecule has 0 aromatic rings. The number of amides is 1. The maximum Gasteiger partial charge on any atom is 0.222 e. The van der Waals surface area contributed by atoms with Crippen LogP contribution in [0.25, 0.3) is 0 Å². The van der Waals surface area contributed by atoms with E-state index in [0.717, 1.165) is 58.7 Å². The summed E-state index contributed by atoms with van der Waals surface area (Å²) in [4.78, 5) is 13.9. The number of carbonyl (C=O) groups is 1. The van der Waals surface area contributed by atoms with Crippen LogP contribution in [-0.2, 0) is 9.53 Å². The van der Waals surface area contributed by atoms with E-state index < -0.39 is 0 Å². The standard InChI is InChI=1S/C11H20N2O2/c14-11(13-5-3-12-4-6-13)9-10-1-7-15-8-2-10/h10,12H,1-9H2. The molecular weight excluding hydrogens is 192 g/mol. The predicted octanol–water partition coefficient (Wildman–Crippen LogP) is 0.235. The maximum atomic E-state index is 11.9. The first-order valence-corrected chi connectivity index (χ1v) is 5.92. The molecule has 0 spiro atoms. The Kier molecular flexibility index (Phi) is 3.97. The van der Waals surface area contributed by atoms with Crippen molar-refractivity contribution in [3.63, 3.8) is 0 Å². The van der Waals surface area contributed by atoms with E-state index in [1.807, 2.05) is 4.90 Å². The highest BCUT2D eigenvalue weighted by Gasteiger charge is 2.22. The van der Waals surface area contributed by atoms with Crippen LogP contribution in [0.2, 0.25) is 0 Å². The first-order chi connectivity index (χ1) is 7.36. The molecule has 0 unspecified atom stereocenters. The Hall–Kier alpha value is -0.610. The van der Waals surface area contributed by atoms with Gasteiger partial charge in [-0.25, -0.2) is 0 Å². The number of ether oxygens (including phenoxy) is 1. The van der Waals surface area contributed by atoms with Crippen molar-refractivity contribution in [3.05, 3.63) is 0 Å². The Balaban J connectivity index is 1.74. The topological polar surface area (TPSA) is 41.6 Å². The average molecular weight is 212 g/mol. The van der Waals surface area contributed by atoms with Crippen molar-refractivity contribution in [1.82, 2.24) is 10.2 Å². The Bertz CT molecular complexity index is 209. The largest absolute Gasteiger partial charge is 0.381 e. The molecule has 2 aliphatic heterocycles. The lowest BCUT2D eigenvalue weighted by molar-refractivity contribution is -0.133. The first kappa shape index (κ1) is 10.9. The molecule has 0 bridgehead atoms. The van der Waals surface area contributed by atoms with Crippen LogP contribution >= 0.6 is 0 Å². The molecule has 0 aromatic heterocycles. The first-order valence-electron chi connectivity index (χ1n) is 5.92. The van der Waals surface area contributed by atoms with Crippen molar-refractivity contribution in [2.24, 2.45) is 5.92 Å². The normalized spacial score (nSPS) is 24.1. The van der Waals surface area contributed by atoms with Gasteiger partial charge in [-0.05, 0) is 18.8 Å². The van der Waals surface area contributed by atoms with Gasteiger partial charge in [-0.15, -0.1) is 0 Å². The summed E-state index contributed by atoms with van der Waals surface area (Å²) in [5.74, 6) is 0.893. The van der Waals surface area contributed by atoms with Gasteiger partial charge < -0.3 is 15.0 Å². The van der Waals surface area contributed by atoms with Gasteiger partial charge in [-0.2, -0.15) is 0 Å².